The minimum atomic E-state index is 0. The van der Waals surface area contributed by atoms with Crippen LogP contribution in [0.1, 0.15) is 0 Å². The Bertz CT molecular complexity index is 16.9. The SMILES string of the molecule is [Fe+3].[Mn+2].[O-2].[O-2].[O-2].[O-2].[O-2].[Pr+3].[Sr+2]. The molecule has 0 fully saturated rings. The van der Waals surface area contributed by atoms with Crippen LogP contribution in [0, 0.1) is 41.3 Å². The molecule has 0 saturated heterocycles. The maximum atomic E-state index is 0. The van der Waals surface area contributed by atoms with E-state index in [-0.39, 0.29) is 148 Å². The second-order valence-electron chi connectivity index (χ2n) is 0. The van der Waals surface area contributed by atoms with Gasteiger partial charge < -0.3 is 27.4 Å². The Kier molecular flexibility index (Phi) is 1390. The molecule has 0 aromatic rings. The smallest absolute Gasteiger partial charge is 2.00 e. The van der Waals surface area contributed by atoms with Gasteiger partial charge in [-0.3, -0.25) is 0 Å². The van der Waals surface area contributed by atoms with Gasteiger partial charge in [-0.05, 0) is 0 Å². The fourth-order valence-corrected chi connectivity index (χ4v) is 0. The van der Waals surface area contributed by atoms with Gasteiger partial charge in [-0.1, -0.05) is 0 Å². The minimum Gasteiger partial charge on any atom is -2.00 e. The molecule has 0 aromatic heterocycles. The van der Waals surface area contributed by atoms with Crippen molar-refractivity contribution < 1.29 is 103 Å². The molecule has 0 amide bonds. The maximum Gasteiger partial charge on any atom is 3.00 e. The Morgan fingerprint density at radius 3 is 0.556 bits per heavy atom. The second kappa shape index (κ2) is 98.3. The largest absolute Gasteiger partial charge is 3.00 e. The van der Waals surface area contributed by atoms with E-state index in [0.717, 1.165) is 0 Å². The van der Waals surface area contributed by atoms with Gasteiger partial charge in [0, 0.05) is 0 Å². The molecule has 0 unspecified atom stereocenters. The van der Waals surface area contributed by atoms with Crippen molar-refractivity contribution in [1.82, 2.24) is 0 Å². The average Bonchev–Trinajstić information content (AvgIpc) is 0. The molecule has 5 nitrogen and oxygen atoms in total. The molecule has 0 aliphatic carbocycles. The van der Waals surface area contributed by atoms with Crippen LogP contribution >= 0.6 is 0 Å². The van der Waals surface area contributed by atoms with E-state index in [1.54, 1.807) is 0 Å². The van der Waals surface area contributed by atoms with Gasteiger partial charge >= 0.3 is 121 Å². The Hall–Kier alpha value is 3.68. The molecule has 2 radical (unpaired) electrons. The normalized spacial score (nSPS) is 0. The molecule has 0 heterocycles. The van der Waals surface area contributed by atoms with Crippen molar-refractivity contribution in [3.63, 3.8) is 0 Å². The van der Waals surface area contributed by atoms with E-state index in [4.69, 9.17) is 0 Å². The molecule has 0 aliphatic rings. The van der Waals surface area contributed by atoms with Crippen LogP contribution in [0.2, 0.25) is 0 Å². The van der Waals surface area contributed by atoms with Crippen molar-refractivity contribution in [2.45, 2.75) is 0 Å². The Balaban J connectivity index is 0. The van der Waals surface area contributed by atoms with Crippen molar-refractivity contribution in [2.75, 3.05) is 0 Å². The van der Waals surface area contributed by atoms with Gasteiger partial charge in [-0.25, -0.2) is 0 Å². The quantitative estimate of drug-likeness (QED) is 0.445. The molecule has 9 heteroatoms. The first-order valence-electron chi connectivity index (χ1n) is 0. The Morgan fingerprint density at radius 2 is 0.556 bits per heavy atom. The van der Waals surface area contributed by atoms with E-state index < -0.39 is 0 Å². The Labute approximate surface area is 145 Å². The zero-order valence-corrected chi connectivity index (χ0v) is 13.5. The van der Waals surface area contributed by atoms with Crippen LogP contribution in [0.5, 0.6) is 0 Å². The van der Waals surface area contributed by atoms with Crippen LogP contribution in [-0.2, 0) is 61.5 Å². The summed E-state index contributed by atoms with van der Waals surface area (Å²) in [4.78, 5) is 0. The molecule has 0 atom stereocenters. The summed E-state index contributed by atoms with van der Waals surface area (Å²) in [7, 11) is 0. The monoisotopic (exact) mass is 420 g/mol. The van der Waals surface area contributed by atoms with Gasteiger partial charge in [-0.15, -0.1) is 0 Å². The van der Waals surface area contributed by atoms with Crippen molar-refractivity contribution in [3.05, 3.63) is 0 Å². The van der Waals surface area contributed by atoms with E-state index in [1.807, 2.05) is 0 Å². The first-order chi connectivity index (χ1) is 0. The van der Waals surface area contributed by atoms with Gasteiger partial charge in [0.15, 0.2) is 0 Å². The van der Waals surface area contributed by atoms with E-state index in [2.05, 4.69) is 0 Å². The van der Waals surface area contributed by atoms with Crippen LogP contribution in [0.4, 0.5) is 0 Å². The molecule has 0 saturated carbocycles. The minimum absolute atomic E-state index is 0. The molecule has 50 valence electrons. The predicted octanol–water partition coefficient (Wildman–Crippen LogP) is -0.980. The van der Waals surface area contributed by atoms with Crippen LogP contribution in [0.3, 0.4) is 0 Å². The van der Waals surface area contributed by atoms with Gasteiger partial charge in [0.1, 0.15) is 0 Å². The third-order valence-corrected chi connectivity index (χ3v) is 0. The number of hydrogen-bond donors (Lipinski definition) is 0. The summed E-state index contributed by atoms with van der Waals surface area (Å²) >= 11 is 0. The van der Waals surface area contributed by atoms with Crippen LogP contribution in [-0.4, -0.2) is 45.5 Å². The summed E-state index contributed by atoms with van der Waals surface area (Å²) in [5, 5.41) is 0. The average molecular weight is 419 g/mol. The molecule has 9 heavy (non-hydrogen) atoms. The number of hydrogen-bond acceptors (Lipinski definition) is 0. The molecule has 0 rings (SSSR count). The van der Waals surface area contributed by atoms with E-state index in [0.29, 0.717) is 0 Å². The topological polar surface area (TPSA) is 142 Å². The summed E-state index contributed by atoms with van der Waals surface area (Å²) < 4.78 is 0. The molecule has 0 aliphatic heterocycles. The summed E-state index contributed by atoms with van der Waals surface area (Å²) in [6.07, 6.45) is 0. The Morgan fingerprint density at radius 1 is 0.556 bits per heavy atom. The van der Waals surface area contributed by atoms with Gasteiger partial charge in [-0.2, -0.15) is 0 Å². The van der Waals surface area contributed by atoms with Gasteiger partial charge in [0.25, 0.3) is 0 Å². The molecular weight excluding hydrogens is 419 g/mol. The molecule has 0 aromatic carbocycles. The van der Waals surface area contributed by atoms with E-state index in [1.165, 1.54) is 0 Å². The summed E-state index contributed by atoms with van der Waals surface area (Å²) in [5.41, 5.74) is 0. The molecule has 0 spiro atoms. The summed E-state index contributed by atoms with van der Waals surface area (Å²) in [6.45, 7) is 0. The fraction of sp³-hybridized carbons (Fsp3) is 0. The van der Waals surface area contributed by atoms with Crippen LogP contribution in [0.25, 0.3) is 0 Å². The summed E-state index contributed by atoms with van der Waals surface area (Å²) in [6, 6.07) is 0. The van der Waals surface area contributed by atoms with Crippen molar-refractivity contribution >= 4 is 45.5 Å². The third kappa shape index (κ3) is 80.8. The van der Waals surface area contributed by atoms with Crippen LogP contribution < -0.4 is 0 Å². The molecule has 0 bridgehead atoms. The van der Waals surface area contributed by atoms with Crippen molar-refractivity contribution in [3.8, 4) is 0 Å². The zero-order chi connectivity index (χ0) is 0. The van der Waals surface area contributed by atoms with Crippen molar-refractivity contribution in [1.29, 1.82) is 0 Å². The van der Waals surface area contributed by atoms with Crippen LogP contribution in [0.15, 0.2) is 0 Å². The standard InChI is InChI=1S/Fe.Mn.5O.Pr.Sr/q+3;+2;5*-2;+3;+2. The molecular formula is FeMnO5PrSr. The first kappa shape index (κ1) is 128. The zero-order valence-electron chi connectivity index (χ0n) is 4.06. The van der Waals surface area contributed by atoms with Gasteiger partial charge in [0.2, 0.25) is 0 Å². The molecule has 0 N–H and O–H groups in total. The van der Waals surface area contributed by atoms with Gasteiger partial charge in [0.05, 0.1) is 0 Å². The van der Waals surface area contributed by atoms with E-state index >= 15 is 0 Å². The second-order valence-corrected chi connectivity index (χ2v) is 0. The predicted molar refractivity (Wildman–Crippen MR) is 9.19 cm³/mol. The maximum absolute atomic E-state index is 0. The first-order valence-corrected chi connectivity index (χ1v) is 0. The number of rotatable bonds is 0. The van der Waals surface area contributed by atoms with E-state index in [9.17, 15) is 0 Å². The summed E-state index contributed by atoms with van der Waals surface area (Å²) in [5.74, 6) is 0. The third-order valence-electron chi connectivity index (χ3n) is 0. The fourth-order valence-electron chi connectivity index (χ4n) is 0. The van der Waals surface area contributed by atoms with Crippen molar-refractivity contribution in [2.24, 2.45) is 0 Å².